The van der Waals surface area contributed by atoms with E-state index in [1.54, 1.807) is 13.3 Å². The minimum atomic E-state index is -0.0997. The maximum atomic E-state index is 12.1. The van der Waals surface area contributed by atoms with Gasteiger partial charge in [0.15, 0.2) is 0 Å². The molecular formula is C17H17N3O2. The number of ether oxygens (including phenoxy) is 1. The molecule has 0 unspecified atom stereocenters. The molecule has 0 amide bonds. The maximum absolute atomic E-state index is 12.1. The SMILES string of the molecule is COc1ccc2[nH]c(=O)c(CNc3ccc(C)cn3)cc2c1. The summed E-state index contributed by atoms with van der Waals surface area (Å²) in [5.41, 5.74) is 2.45. The van der Waals surface area contributed by atoms with Gasteiger partial charge in [0.25, 0.3) is 5.56 Å². The smallest absolute Gasteiger partial charge is 0.253 e. The number of nitrogens with zero attached hydrogens (tertiary/aromatic N) is 1. The van der Waals surface area contributed by atoms with E-state index in [1.807, 2.05) is 43.3 Å². The second kappa shape index (κ2) is 5.89. The number of nitrogens with one attached hydrogen (secondary N) is 2. The number of hydrogen-bond acceptors (Lipinski definition) is 4. The number of rotatable bonds is 4. The number of hydrogen-bond donors (Lipinski definition) is 2. The van der Waals surface area contributed by atoms with Crippen LogP contribution in [-0.4, -0.2) is 17.1 Å². The molecule has 5 heteroatoms. The fourth-order valence-electron chi connectivity index (χ4n) is 2.25. The molecule has 22 heavy (non-hydrogen) atoms. The quantitative estimate of drug-likeness (QED) is 0.776. The average Bonchev–Trinajstić information content (AvgIpc) is 2.54. The summed E-state index contributed by atoms with van der Waals surface area (Å²) in [5, 5.41) is 4.10. The lowest BCUT2D eigenvalue weighted by atomic mass is 10.1. The van der Waals surface area contributed by atoms with E-state index in [2.05, 4.69) is 15.3 Å². The first-order valence-electron chi connectivity index (χ1n) is 7.02. The molecule has 1 aromatic carbocycles. The van der Waals surface area contributed by atoms with E-state index in [1.165, 1.54) is 0 Å². The van der Waals surface area contributed by atoms with E-state index < -0.39 is 0 Å². The van der Waals surface area contributed by atoms with Gasteiger partial charge in [-0.2, -0.15) is 0 Å². The van der Waals surface area contributed by atoms with Crippen LogP contribution in [0.4, 0.5) is 5.82 Å². The maximum Gasteiger partial charge on any atom is 0.253 e. The van der Waals surface area contributed by atoms with Crippen LogP contribution in [0.2, 0.25) is 0 Å². The van der Waals surface area contributed by atoms with Crippen LogP contribution in [0.25, 0.3) is 10.9 Å². The van der Waals surface area contributed by atoms with Crippen LogP contribution < -0.4 is 15.6 Å². The molecule has 0 fully saturated rings. The summed E-state index contributed by atoms with van der Waals surface area (Å²) < 4.78 is 5.22. The third-order valence-electron chi connectivity index (χ3n) is 3.50. The van der Waals surface area contributed by atoms with Gasteiger partial charge < -0.3 is 15.0 Å². The van der Waals surface area contributed by atoms with Gasteiger partial charge in [-0.3, -0.25) is 4.79 Å². The first kappa shape index (κ1) is 14.1. The number of benzene rings is 1. The molecule has 0 aliphatic rings. The normalized spacial score (nSPS) is 10.6. The van der Waals surface area contributed by atoms with E-state index in [4.69, 9.17) is 4.74 Å². The van der Waals surface area contributed by atoms with Gasteiger partial charge in [0.05, 0.1) is 7.11 Å². The summed E-state index contributed by atoms with van der Waals surface area (Å²) in [6.07, 6.45) is 1.79. The summed E-state index contributed by atoms with van der Waals surface area (Å²) in [5.74, 6) is 1.51. The van der Waals surface area contributed by atoms with Gasteiger partial charge in [0, 0.05) is 29.2 Å². The van der Waals surface area contributed by atoms with Gasteiger partial charge in [0.1, 0.15) is 11.6 Å². The average molecular weight is 295 g/mol. The summed E-state index contributed by atoms with van der Waals surface area (Å²) in [7, 11) is 1.62. The number of aromatic nitrogens is 2. The fraction of sp³-hybridized carbons (Fsp3) is 0.176. The zero-order valence-electron chi connectivity index (χ0n) is 12.5. The van der Waals surface area contributed by atoms with Crippen LogP contribution >= 0.6 is 0 Å². The first-order valence-corrected chi connectivity index (χ1v) is 7.02. The van der Waals surface area contributed by atoms with E-state index in [-0.39, 0.29) is 5.56 Å². The van der Waals surface area contributed by atoms with Crippen molar-refractivity contribution in [1.29, 1.82) is 0 Å². The Bertz CT molecular complexity index is 854. The summed E-state index contributed by atoms with van der Waals surface area (Å²) in [6.45, 7) is 2.40. The van der Waals surface area contributed by atoms with Crippen LogP contribution in [-0.2, 0) is 6.54 Å². The van der Waals surface area contributed by atoms with Crippen molar-refractivity contribution in [3.8, 4) is 5.75 Å². The Balaban J connectivity index is 1.87. The third-order valence-corrected chi connectivity index (χ3v) is 3.50. The van der Waals surface area contributed by atoms with Crippen molar-refractivity contribution in [2.24, 2.45) is 0 Å². The Morgan fingerprint density at radius 3 is 2.82 bits per heavy atom. The minimum Gasteiger partial charge on any atom is -0.497 e. The van der Waals surface area contributed by atoms with Crippen molar-refractivity contribution < 1.29 is 4.74 Å². The molecule has 0 saturated carbocycles. The predicted octanol–water partition coefficient (Wildman–Crippen LogP) is 2.85. The molecule has 0 saturated heterocycles. The van der Waals surface area contributed by atoms with Crippen molar-refractivity contribution in [1.82, 2.24) is 9.97 Å². The molecular weight excluding hydrogens is 278 g/mol. The lowest BCUT2D eigenvalue weighted by Gasteiger charge is -2.07. The molecule has 0 aliphatic heterocycles. The number of fused-ring (bicyclic) bond motifs is 1. The molecule has 0 aliphatic carbocycles. The largest absolute Gasteiger partial charge is 0.497 e. The zero-order valence-corrected chi connectivity index (χ0v) is 12.5. The van der Waals surface area contributed by atoms with Crippen molar-refractivity contribution >= 4 is 16.7 Å². The van der Waals surface area contributed by atoms with Crippen LogP contribution in [0.15, 0.2) is 47.4 Å². The second-order valence-electron chi connectivity index (χ2n) is 5.15. The number of methoxy groups -OCH3 is 1. The molecule has 2 N–H and O–H groups in total. The molecule has 0 radical (unpaired) electrons. The minimum absolute atomic E-state index is 0.0997. The molecule has 5 nitrogen and oxygen atoms in total. The fourth-order valence-corrected chi connectivity index (χ4v) is 2.25. The van der Waals surface area contributed by atoms with Crippen molar-refractivity contribution in [2.45, 2.75) is 13.5 Å². The van der Waals surface area contributed by atoms with Gasteiger partial charge in [-0.15, -0.1) is 0 Å². The highest BCUT2D eigenvalue weighted by Crippen LogP contribution is 2.19. The van der Waals surface area contributed by atoms with E-state index in [0.29, 0.717) is 12.1 Å². The highest BCUT2D eigenvalue weighted by molar-refractivity contribution is 5.80. The van der Waals surface area contributed by atoms with E-state index >= 15 is 0 Å². The standard InChI is InChI=1S/C17H17N3O2/c1-11-3-6-16(18-9-11)19-10-13-7-12-8-14(22-2)4-5-15(12)20-17(13)21/h3-9H,10H2,1-2H3,(H,18,19)(H,20,21). The van der Waals surface area contributed by atoms with Gasteiger partial charge in [-0.1, -0.05) is 6.07 Å². The van der Waals surface area contributed by atoms with Crippen LogP contribution in [0, 0.1) is 6.92 Å². The second-order valence-corrected chi connectivity index (χ2v) is 5.15. The summed E-state index contributed by atoms with van der Waals surface area (Å²) in [4.78, 5) is 19.3. The Labute approximate surface area is 128 Å². The van der Waals surface area contributed by atoms with Gasteiger partial charge in [-0.25, -0.2) is 4.98 Å². The molecule has 3 aromatic rings. The highest BCUT2D eigenvalue weighted by atomic mass is 16.5. The van der Waals surface area contributed by atoms with Crippen LogP contribution in [0.3, 0.4) is 0 Å². The number of anilines is 1. The Morgan fingerprint density at radius 1 is 1.23 bits per heavy atom. The number of aryl methyl sites for hydroxylation is 1. The van der Waals surface area contributed by atoms with E-state index in [9.17, 15) is 4.79 Å². The molecule has 112 valence electrons. The summed E-state index contributed by atoms with van der Waals surface area (Å²) >= 11 is 0. The molecule has 0 spiro atoms. The monoisotopic (exact) mass is 295 g/mol. The van der Waals surface area contributed by atoms with Gasteiger partial charge in [-0.05, 0) is 42.8 Å². The van der Waals surface area contributed by atoms with Gasteiger partial charge >= 0.3 is 0 Å². The number of aromatic amines is 1. The predicted molar refractivity (Wildman–Crippen MR) is 87.4 cm³/mol. The molecule has 3 rings (SSSR count). The van der Waals surface area contributed by atoms with Crippen molar-refractivity contribution in [3.63, 3.8) is 0 Å². The third kappa shape index (κ3) is 2.93. The number of H-pyrrole nitrogens is 1. The lowest BCUT2D eigenvalue weighted by molar-refractivity contribution is 0.415. The Morgan fingerprint density at radius 2 is 2.09 bits per heavy atom. The molecule has 2 aromatic heterocycles. The Kier molecular flexibility index (Phi) is 3.78. The zero-order chi connectivity index (χ0) is 15.5. The lowest BCUT2D eigenvalue weighted by Crippen LogP contribution is -2.16. The topological polar surface area (TPSA) is 67.0 Å². The Hall–Kier alpha value is -2.82. The van der Waals surface area contributed by atoms with Crippen LogP contribution in [0.5, 0.6) is 5.75 Å². The van der Waals surface area contributed by atoms with E-state index in [0.717, 1.165) is 28.0 Å². The molecule has 0 bridgehead atoms. The van der Waals surface area contributed by atoms with Crippen LogP contribution in [0.1, 0.15) is 11.1 Å². The van der Waals surface area contributed by atoms with Crippen molar-refractivity contribution in [2.75, 3.05) is 12.4 Å². The molecule has 0 atom stereocenters. The van der Waals surface area contributed by atoms with Crippen molar-refractivity contribution in [3.05, 3.63) is 64.1 Å². The molecule has 2 heterocycles. The first-order chi connectivity index (χ1) is 10.7. The van der Waals surface area contributed by atoms with Gasteiger partial charge in [0.2, 0.25) is 0 Å². The number of pyridine rings is 2. The summed E-state index contributed by atoms with van der Waals surface area (Å²) in [6, 6.07) is 11.3. The highest BCUT2D eigenvalue weighted by Gasteiger charge is 2.04.